The maximum atomic E-state index is 14.1. The van der Waals surface area contributed by atoms with Crippen molar-refractivity contribution in [1.29, 1.82) is 0 Å². The number of nitrogens with zero attached hydrogens (tertiary/aromatic N) is 4. The minimum atomic E-state index is -1.000. The molecule has 1 aliphatic rings. The van der Waals surface area contributed by atoms with Gasteiger partial charge in [0.15, 0.2) is 0 Å². The summed E-state index contributed by atoms with van der Waals surface area (Å²) in [6, 6.07) is 0. The smallest absolute Gasteiger partial charge is 0.311 e. The van der Waals surface area contributed by atoms with E-state index < -0.39 is 52.0 Å². The Labute approximate surface area is 329 Å². The predicted octanol–water partition coefficient (Wildman–Crippen LogP) is -0.646. The lowest BCUT2D eigenvalue weighted by atomic mass is 9.67. The number of nitrogens with one attached hydrogen (secondary N) is 1. The van der Waals surface area contributed by atoms with Gasteiger partial charge in [-0.1, -0.05) is 6.92 Å². The van der Waals surface area contributed by atoms with Gasteiger partial charge in [0.1, 0.15) is 0 Å². The number of hydrogen-bond acceptors (Lipinski definition) is 16. The molecule has 17 heteroatoms. The van der Waals surface area contributed by atoms with Gasteiger partial charge in [-0.05, 0) is 47.0 Å². The monoisotopic (exact) mass is 787 g/mol. The Balaban J connectivity index is 3.31. The Bertz CT molecular complexity index is 1210. The number of rotatable bonds is 28. The number of likely N-dealkylation sites (tertiary alicyclic amines) is 1. The van der Waals surface area contributed by atoms with E-state index in [0.29, 0.717) is 85.1 Å². The molecule has 17 nitrogen and oxygen atoms in total. The van der Waals surface area contributed by atoms with Crippen molar-refractivity contribution in [3.05, 3.63) is 0 Å². The number of hydrogen-bond donors (Lipinski definition) is 4. The molecule has 0 bridgehead atoms. The van der Waals surface area contributed by atoms with Crippen molar-refractivity contribution < 1.29 is 42.9 Å². The van der Waals surface area contributed by atoms with Crippen molar-refractivity contribution in [2.45, 2.75) is 53.9 Å². The average molecular weight is 787 g/mol. The van der Waals surface area contributed by atoms with Crippen LogP contribution < -0.4 is 22.5 Å². The Morgan fingerprint density at radius 2 is 1.31 bits per heavy atom. The molecule has 1 heterocycles. The van der Waals surface area contributed by atoms with Crippen molar-refractivity contribution in [2.24, 2.45) is 45.3 Å². The van der Waals surface area contributed by atoms with Crippen LogP contribution in [0.25, 0.3) is 0 Å². The van der Waals surface area contributed by atoms with Gasteiger partial charge in [0, 0.05) is 110 Å². The van der Waals surface area contributed by atoms with Crippen LogP contribution >= 0.6 is 0 Å². The van der Waals surface area contributed by atoms with Crippen LogP contribution in [0, 0.1) is 28.1 Å². The third kappa shape index (κ3) is 16.6. The molecule has 3 atom stereocenters. The van der Waals surface area contributed by atoms with E-state index in [1.807, 2.05) is 0 Å². The molecule has 1 fully saturated rings. The molecule has 1 amide bonds. The Hall–Kier alpha value is -2.93. The standard InChI is InChI=1S/C38H74N8O9/c1-36(2,34(50)54-8)24-29(31(47)52-6)26-45(20-18-43(15-11-40)17-14-42-13-10-39)21-19-44(16-12-41)22-23-46-27-30(32(48)53-7)25-38(5,33(46)49)28-37(3,4)35(51)55-9/h29-30,42H,10-28,39-41H2,1-9H3. The summed E-state index contributed by atoms with van der Waals surface area (Å²) in [4.78, 5) is 73.7. The Kier molecular flexibility index (Phi) is 22.4. The van der Waals surface area contributed by atoms with Gasteiger partial charge in [0.05, 0.1) is 51.1 Å². The molecule has 0 aliphatic carbocycles. The molecule has 0 spiro atoms. The molecule has 0 aromatic carbocycles. The molecule has 3 unspecified atom stereocenters. The first-order chi connectivity index (χ1) is 25.9. The van der Waals surface area contributed by atoms with E-state index in [-0.39, 0.29) is 31.7 Å². The van der Waals surface area contributed by atoms with Gasteiger partial charge in [-0.3, -0.25) is 38.7 Å². The first-order valence-electron chi connectivity index (χ1n) is 19.5. The molecule has 320 valence electrons. The van der Waals surface area contributed by atoms with Crippen molar-refractivity contribution in [3.8, 4) is 0 Å². The highest BCUT2D eigenvalue weighted by molar-refractivity contribution is 5.87. The van der Waals surface area contributed by atoms with Gasteiger partial charge in [-0.25, -0.2) is 0 Å². The van der Waals surface area contributed by atoms with E-state index in [1.165, 1.54) is 28.4 Å². The maximum absolute atomic E-state index is 14.1. The molecular weight excluding hydrogens is 712 g/mol. The van der Waals surface area contributed by atoms with Crippen molar-refractivity contribution in [3.63, 3.8) is 0 Å². The largest absolute Gasteiger partial charge is 0.469 e. The third-order valence-corrected chi connectivity index (χ3v) is 10.5. The number of esters is 4. The quantitative estimate of drug-likeness (QED) is 0.0439. The molecule has 0 radical (unpaired) electrons. The molecule has 55 heavy (non-hydrogen) atoms. The lowest BCUT2D eigenvalue weighted by Crippen LogP contribution is -2.56. The van der Waals surface area contributed by atoms with Crippen LogP contribution in [-0.4, -0.2) is 183 Å². The second kappa shape index (κ2) is 24.6. The molecular formula is C38H74N8O9. The third-order valence-electron chi connectivity index (χ3n) is 10.5. The van der Waals surface area contributed by atoms with Gasteiger partial charge < -0.3 is 46.4 Å². The van der Waals surface area contributed by atoms with E-state index in [0.717, 1.165) is 13.1 Å². The van der Waals surface area contributed by atoms with Crippen LogP contribution in [0.3, 0.4) is 0 Å². The zero-order valence-electron chi connectivity index (χ0n) is 35.3. The number of ether oxygens (including phenoxy) is 4. The van der Waals surface area contributed by atoms with Crippen LogP contribution in [0.5, 0.6) is 0 Å². The van der Waals surface area contributed by atoms with Gasteiger partial charge in [0.2, 0.25) is 5.91 Å². The molecule has 1 saturated heterocycles. The second-order valence-corrected chi connectivity index (χ2v) is 16.2. The lowest BCUT2D eigenvalue weighted by molar-refractivity contribution is -0.163. The molecule has 0 saturated carbocycles. The zero-order chi connectivity index (χ0) is 41.8. The fourth-order valence-corrected chi connectivity index (χ4v) is 7.71. The van der Waals surface area contributed by atoms with Crippen LogP contribution in [0.2, 0.25) is 0 Å². The van der Waals surface area contributed by atoms with Gasteiger partial charge >= 0.3 is 23.9 Å². The summed E-state index contributed by atoms with van der Waals surface area (Å²) < 4.78 is 20.4. The second-order valence-electron chi connectivity index (χ2n) is 16.2. The van der Waals surface area contributed by atoms with Gasteiger partial charge in [0.25, 0.3) is 0 Å². The minimum absolute atomic E-state index is 0.131. The van der Waals surface area contributed by atoms with Crippen LogP contribution in [0.1, 0.15) is 53.9 Å². The highest BCUT2D eigenvalue weighted by Crippen LogP contribution is 2.44. The zero-order valence-corrected chi connectivity index (χ0v) is 35.3. The molecule has 1 rings (SSSR count). The van der Waals surface area contributed by atoms with E-state index in [1.54, 1.807) is 39.5 Å². The maximum Gasteiger partial charge on any atom is 0.311 e. The summed E-state index contributed by atoms with van der Waals surface area (Å²) in [5, 5.41) is 3.32. The number of piperidine rings is 1. The van der Waals surface area contributed by atoms with E-state index in [4.69, 9.17) is 36.1 Å². The normalized spacial score (nSPS) is 18.5. The predicted molar refractivity (Wildman–Crippen MR) is 210 cm³/mol. The van der Waals surface area contributed by atoms with Crippen molar-refractivity contribution >= 4 is 29.8 Å². The fraction of sp³-hybridized carbons (Fsp3) is 0.868. The molecule has 0 aromatic rings. The van der Waals surface area contributed by atoms with Crippen LogP contribution in [0.15, 0.2) is 0 Å². The molecule has 7 N–H and O–H groups in total. The van der Waals surface area contributed by atoms with E-state index in [9.17, 15) is 24.0 Å². The first kappa shape index (κ1) is 50.1. The van der Waals surface area contributed by atoms with Gasteiger partial charge in [-0.15, -0.1) is 0 Å². The number of carbonyl (C=O) groups excluding carboxylic acids is 5. The molecule has 1 aliphatic heterocycles. The SMILES string of the molecule is COC(=O)C(CN(CCN(CCN)CCNCCN)CCN(CCN)CCN1CC(C(=O)OC)CC(C)(CC(C)(C)C(=O)OC)C1=O)CC(C)(C)C(=O)OC. The molecule has 0 aromatic heterocycles. The number of methoxy groups -OCH3 is 4. The summed E-state index contributed by atoms with van der Waals surface area (Å²) in [6.45, 7) is 17.5. The minimum Gasteiger partial charge on any atom is -0.469 e. The van der Waals surface area contributed by atoms with E-state index in [2.05, 4.69) is 20.0 Å². The number of nitrogens with two attached hydrogens (primary N) is 3. The summed E-state index contributed by atoms with van der Waals surface area (Å²) >= 11 is 0. The van der Waals surface area contributed by atoms with Crippen molar-refractivity contribution in [2.75, 3.05) is 133 Å². The highest BCUT2D eigenvalue weighted by Gasteiger charge is 2.50. The number of amides is 1. The van der Waals surface area contributed by atoms with Crippen LogP contribution in [-0.2, 0) is 42.9 Å². The Morgan fingerprint density at radius 3 is 1.82 bits per heavy atom. The van der Waals surface area contributed by atoms with Crippen LogP contribution in [0.4, 0.5) is 0 Å². The first-order valence-corrected chi connectivity index (χ1v) is 19.5. The summed E-state index contributed by atoms with van der Waals surface area (Å²) in [6.07, 6.45) is 0.694. The summed E-state index contributed by atoms with van der Waals surface area (Å²) in [5.74, 6) is -2.93. The summed E-state index contributed by atoms with van der Waals surface area (Å²) in [7, 11) is 5.34. The average Bonchev–Trinajstić information content (AvgIpc) is 3.15. The number of carbonyl (C=O) groups is 5. The summed E-state index contributed by atoms with van der Waals surface area (Å²) in [5.41, 5.74) is 14.8. The van der Waals surface area contributed by atoms with Crippen molar-refractivity contribution in [1.82, 2.24) is 24.9 Å². The topological polar surface area (TPSA) is 225 Å². The fourth-order valence-electron chi connectivity index (χ4n) is 7.71. The highest BCUT2D eigenvalue weighted by atomic mass is 16.5. The van der Waals surface area contributed by atoms with Gasteiger partial charge in [-0.2, -0.15) is 0 Å². The lowest BCUT2D eigenvalue weighted by Gasteiger charge is -2.45. The van der Waals surface area contributed by atoms with E-state index >= 15 is 0 Å². The Morgan fingerprint density at radius 1 is 0.764 bits per heavy atom.